The van der Waals surface area contributed by atoms with Gasteiger partial charge in [0.05, 0.1) is 21.6 Å². The van der Waals surface area contributed by atoms with Gasteiger partial charge in [-0.3, -0.25) is 0 Å². The van der Waals surface area contributed by atoms with Gasteiger partial charge < -0.3 is 0 Å². The molecule has 0 spiro atoms. The highest BCUT2D eigenvalue weighted by molar-refractivity contribution is 7.98. The van der Waals surface area contributed by atoms with Gasteiger partial charge in [-0.15, -0.1) is 11.8 Å². The molecule has 106 valence electrons. The highest BCUT2D eigenvalue weighted by Gasteiger charge is 2.16. The van der Waals surface area contributed by atoms with Gasteiger partial charge in [0.25, 0.3) is 0 Å². The molecule has 1 aromatic heterocycles. The van der Waals surface area contributed by atoms with Crippen LogP contribution in [0.15, 0.2) is 47.4 Å². The van der Waals surface area contributed by atoms with Crippen LogP contribution >= 0.6 is 23.4 Å². The van der Waals surface area contributed by atoms with Crippen LogP contribution < -0.4 is 0 Å². The van der Waals surface area contributed by atoms with Gasteiger partial charge in [-0.25, -0.2) is 9.37 Å². The summed E-state index contributed by atoms with van der Waals surface area (Å²) in [6, 6.07) is 12.9. The van der Waals surface area contributed by atoms with Crippen LogP contribution in [0.4, 0.5) is 4.39 Å². The van der Waals surface area contributed by atoms with Gasteiger partial charge in [0, 0.05) is 10.5 Å². The molecule has 1 heterocycles. The van der Waals surface area contributed by atoms with Gasteiger partial charge in [0.15, 0.2) is 0 Å². The Balaban J connectivity index is 2.37. The number of pyridine rings is 1. The third kappa shape index (κ3) is 2.41. The zero-order valence-corrected chi connectivity index (χ0v) is 13.2. The Bertz CT molecular complexity index is 832. The second kappa shape index (κ2) is 5.66. The molecule has 0 saturated carbocycles. The minimum Gasteiger partial charge on any atom is -0.247 e. The molecule has 4 heteroatoms. The maximum atomic E-state index is 14.0. The topological polar surface area (TPSA) is 12.9 Å². The molecule has 21 heavy (non-hydrogen) atoms. The van der Waals surface area contributed by atoms with Crippen molar-refractivity contribution >= 4 is 34.3 Å². The van der Waals surface area contributed by atoms with E-state index in [1.165, 1.54) is 6.07 Å². The molecule has 0 unspecified atom stereocenters. The van der Waals surface area contributed by atoms with E-state index in [2.05, 4.69) is 4.98 Å². The van der Waals surface area contributed by atoms with Crippen LogP contribution in [0.1, 0.15) is 5.56 Å². The van der Waals surface area contributed by atoms with Gasteiger partial charge in [-0.2, -0.15) is 0 Å². The predicted octanol–water partition coefficient (Wildman–Crippen LogP) is 5.72. The molecule has 1 nitrogen and oxygen atoms in total. The summed E-state index contributed by atoms with van der Waals surface area (Å²) >= 11 is 8.05. The van der Waals surface area contributed by atoms with Crippen LogP contribution in [-0.2, 0) is 0 Å². The smallest absolute Gasteiger partial charge is 0.134 e. The molecule has 3 rings (SSSR count). The minimum atomic E-state index is -0.335. The largest absolute Gasteiger partial charge is 0.247 e. The number of thioether (sulfide) groups is 1. The van der Waals surface area contributed by atoms with Crippen LogP contribution in [0.25, 0.3) is 22.2 Å². The van der Waals surface area contributed by atoms with Crippen molar-refractivity contribution in [3.63, 3.8) is 0 Å². The third-order valence-corrected chi connectivity index (χ3v) is 4.76. The summed E-state index contributed by atoms with van der Waals surface area (Å²) in [5, 5.41) is 0.825. The molecule has 0 N–H and O–H groups in total. The second-order valence-corrected chi connectivity index (χ2v) is 5.96. The first-order valence-electron chi connectivity index (χ1n) is 6.51. The molecular weight excluding hydrogens is 305 g/mol. The van der Waals surface area contributed by atoms with Crippen molar-refractivity contribution in [3.8, 4) is 11.3 Å². The van der Waals surface area contributed by atoms with Crippen molar-refractivity contribution < 1.29 is 4.39 Å². The number of aromatic nitrogens is 1. The van der Waals surface area contributed by atoms with Crippen molar-refractivity contribution in [1.29, 1.82) is 0 Å². The fourth-order valence-corrected chi connectivity index (χ4v) is 3.30. The summed E-state index contributed by atoms with van der Waals surface area (Å²) in [7, 11) is 0. The first-order chi connectivity index (χ1) is 10.1. The molecule has 0 aliphatic carbocycles. The molecule has 0 amide bonds. The number of hydrogen-bond acceptors (Lipinski definition) is 2. The lowest BCUT2D eigenvalue weighted by atomic mass is 10.0. The summed E-state index contributed by atoms with van der Waals surface area (Å²) in [4.78, 5) is 5.76. The molecule has 3 aromatic rings. The number of hydrogen-bond donors (Lipinski definition) is 0. The van der Waals surface area contributed by atoms with Crippen molar-refractivity contribution in [2.45, 2.75) is 11.8 Å². The van der Waals surface area contributed by atoms with E-state index in [1.54, 1.807) is 23.9 Å². The summed E-state index contributed by atoms with van der Waals surface area (Å²) in [5.74, 6) is -0.335. The van der Waals surface area contributed by atoms with E-state index < -0.39 is 0 Å². The Morgan fingerprint density at radius 3 is 2.62 bits per heavy atom. The molecule has 0 saturated heterocycles. The van der Waals surface area contributed by atoms with Crippen molar-refractivity contribution in [1.82, 2.24) is 4.98 Å². The Kier molecular flexibility index (Phi) is 3.87. The fraction of sp³-hybridized carbons (Fsp3) is 0.118. The lowest BCUT2D eigenvalue weighted by Crippen LogP contribution is -1.95. The highest BCUT2D eigenvalue weighted by atomic mass is 35.5. The van der Waals surface area contributed by atoms with Crippen LogP contribution in [-0.4, -0.2) is 11.2 Å². The van der Waals surface area contributed by atoms with Crippen LogP contribution in [0.3, 0.4) is 0 Å². The Hall–Kier alpha value is -1.58. The normalized spacial score (nSPS) is 11.0. The van der Waals surface area contributed by atoms with Gasteiger partial charge >= 0.3 is 0 Å². The number of halogens is 2. The molecule has 0 radical (unpaired) electrons. The first-order valence-corrected chi connectivity index (χ1v) is 8.11. The van der Waals surface area contributed by atoms with E-state index in [9.17, 15) is 4.39 Å². The lowest BCUT2D eigenvalue weighted by Gasteiger charge is -2.13. The SMILES string of the molecule is CSc1ccccc1-c1nc2cccc(F)c2c(Cl)c1C. The average molecular weight is 318 g/mol. The first kappa shape index (κ1) is 14.4. The summed E-state index contributed by atoms with van der Waals surface area (Å²) < 4.78 is 14.0. The number of nitrogens with zero attached hydrogens (tertiary/aromatic N) is 1. The van der Waals surface area contributed by atoms with Crippen molar-refractivity contribution in [2.75, 3.05) is 6.26 Å². The summed E-state index contributed by atoms with van der Waals surface area (Å²) in [5.41, 5.74) is 3.21. The maximum Gasteiger partial charge on any atom is 0.134 e. The van der Waals surface area contributed by atoms with E-state index in [4.69, 9.17) is 11.6 Å². The molecule has 2 aromatic carbocycles. The van der Waals surface area contributed by atoms with Gasteiger partial charge in [-0.1, -0.05) is 35.9 Å². The molecule has 0 aliphatic heterocycles. The molecule has 0 fully saturated rings. The predicted molar refractivity (Wildman–Crippen MR) is 88.7 cm³/mol. The second-order valence-electron chi connectivity index (χ2n) is 4.73. The van der Waals surface area contributed by atoms with E-state index in [1.807, 2.05) is 37.4 Å². The number of benzene rings is 2. The van der Waals surface area contributed by atoms with E-state index in [0.717, 1.165) is 21.7 Å². The Morgan fingerprint density at radius 1 is 1.10 bits per heavy atom. The van der Waals surface area contributed by atoms with Gasteiger partial charge in [-0.05, 0) is 36.9 Å². The van der Waals surface area contributed by atoms with E-state index in [0.29, 0.717) is 15.9 Å². The van der Waals surface area contributed by atoms with E-state index >= 15 is 0 Å². The third-order valence-electron chi connectivity index (χ3n) is 3.49. The minimum absolute atomic E-state index is 0.335. The number of fused-ring (bicyclic) bond motifs is 1. The molecule has 0 atom stereocenters. The molecular formula is C17H13ClFNS. The fourth-order valence-electron chi connectivity index (χ4n) is 2.42. The van der Waals surface area contributed by atoms with E-state index in [-0.39, 0.29) is 5.82 Å². The zero-order valence-electron chi connectivity index (χ0n) is 11.7. The maximum absolute atomic E-state index is 14.0. The monoisotopic (exact) mass is 317 g/mol. The van der Waals surface area contributed by atoms with Crippen LogP contribution in [0.2, 0.25) is 5.02 Å². The molecule has 0 bridgehead atoms. The Morgan fingerprint density at radius 2 is 1.86 bits per heavy atom. The zero-order chi connectivity index (χ0) is 15.0. The molecule has 0 aliphatic rings. The highest BCUT2D eigenvalue weighted by Crippen LogP contribution is 2.37. The van der Waals surface area contributed by atoms with Gasteiger partial charge in [0.1, 0.15) is 5.82 Å². The number of rotatable bonds is 2. The lowest BCUT2D eigenvalue weighted by molar-refractivity contribution is 0.639. The standard InChI is InChI=1S/C17H13ClFNS/c1-10-16(18)15-12(19)7-5-8-13(15)20-17(10)11-6-3-4-9-14(11)21-2/h3-9H,1-2H3. The average Bonchev–Trinajstić information content (AvgIpc) is 2.50. The summed E-state index contributed by atoms with van der Waals surface area (Å²) in [6.45, 7) is 1.88. The van der Waals surface area contributed by atoms with Gasteiger partial charge in [0.2, 0.25) is 0 Å². The quantitative estimate of drug-likeness (QED) is 0.560. The van der Waals surface area contributed by atoms with Crippen molar-refractivity contribution in [2.24, 2.45) is 0 Å². The van der Waals surface area contributed by atoms with Crippen LogP contribution in [0, 0.1) is 12.7 Å². The Labute approximate surface area is 132 Å². The van der Waals surface area contributed by atoms with Crippen molar-refractivity contribution in [3.05, 3.63) is 58.9 Å². The summed E-state index contributed by atoms with van der Waals surface area (Å²) in [6.07, 6.45) is 2.02. The van der Waals surface area contributed by atoms with Crippen LogP contribution in [0.5, 0.6) is 0 Å².